The topological polar surface area (TPSA) is 59.6 Å². The predicted octanol–water partition coefficient (Wildman–Crippen LogP) is 6.32. The number of ether oxygens (including phenoxy) is 2. The van der Waals surface area contributed by atoms with Gasteiger partial charge in [0.05, 0.1) is 37.1 Å². The van der Waals surface area contributed by atoms with Crippen LogP contribution in [0.1, 0.15) is 42.9 Å². The Morgan fingerprint density at radius 2 is 1.68 bits per heavy atom. The van der Waals surface area contributed by atoms with Crippen LogP contribution in [0, 0.1) is 5.92 Å². The van der Waals surface area contributed by atoms with E-state index in [9.17, 15) is 4.79 Å². The van der Waals surface area contributed by atoms with Crippen LogP contribution >= 0.6 is 0 Å². The van der Waals surface area contributed by atoms with E-state index in [1.807, 2.05) is 60.7 Å². The molecule has 3 aromatic carbocycles. The minimum absolute atomic E-state index is 0.0534. The van der Waals surface area contributed by atoms with Gasteiger partial charge in [-0.2, -0.15) is 0 Å². The zero-order valence-corrected chi connectivity index (χ0v) is 19.6. The first-order valence-corrected chi connectivity index (χ1v) is 11.9. The highest BCUT2D eigenvalue weighted by Crippen LogP contribution is 2.45. The van der Waals surface area contributed by atoms with Gasteiger partial charge in [-0.15, -0.1) is 0 Å². The standard InChI is InChI=1S/C29H30N2O3/c1-3-15-34-26-14-13-20(18-27(26)33-2)29-28-24(30-22-11-7-8-12-23(22)31-29)16-21(17-25(28)32)19-9-5-4-6-10-19/h4-14,16,18,21,28-31H,3,15,17H2,1-2H3/t21-,28-,29-/m1/s1. The molecule has 0 unspecified atom stereocenters. The second-order valence-corrected chi connectivity index (χ2v) is 8.84. The predicted molar refractivity (Wildman–Crippen MR) is 136 cm³/mol. The van der Waals surface area contributed by atoms with E-state index in [-0.39, 0.29) is 23.7 Å². The van der Waals surface area contributed by atoms with Crippen molar-refractivity contribution in [2.24, 2.45) is 5.92 Å². The fourth-order valence-corrected chi connectivity index (χ4v) is 4.90. The number of anilines is 2. The molecule has 3 aromatic rings. The molecule has 0 saturated carbocycles. The van der Waals surface area contributed by atoms with Crippen LogP contribution in [0.25, 0.3) is 0 Å². The average molecular weight is 455 g/mol. The van der Waals surface area contributed by atoms with Gasteiger partial charge >= 0.3 is 0 Å². The Labute approximate surface area is 200 Å². The molecule has 2 N–H and O–H groups in total. The number of carbonyl (C=O) groups excluding carboxylic acids is 1. The van der Waals surface area contributed by atoms with Crippen LogP contribution in [0.3, 0.4) is 0 Å². The Morgan fingerprint density at radius 1 is 0.912 bits per heavy atom. The zero-order chi connectivity index (χ0) is 23.5. The van der Waals surface area contributed by atoms with Crippen molar-refractivity contribution in [2.75, 3.05) is 24.4 Å². The first-order chi connectivity index (χ1) is 16.7. The maximum atomic E-state index is 13.7. The fourth-order valence-electron chi connectivity index (χ4n) is 4.90. The number of benzene rings is 3. The van der Waals surface area contributed by atoms with Crippen molar-refractivity contribution in [3.05, 3.63) is 95.7 Å². The fraction of sp³-hybridized carbons (Fsp3) is 0.276. The lowest BCUT2D eigenvalue weighted by Crippen LogP contribution is -2.33. The quantitative estimate of drug-likeness (QED) is 0.456. The lowest BCUT2D eigenvalue weighted by Gasteiger charge is -2.32. The normalized spacial score (nSPS) is 21.2. The Hall–Kier alpha value is -3.73. The van der Waals surface area contributed by atoms with Crippen LogP contribution in [-0.4, -0.2) is 19.5 Å². The number of para-hydroxylation sites is 2. The number of hydrogen-bond acceptors (Lipinski definition) is 5. The van der Waals surface area contributed by atoms with Crippen LogP contribution in [0.4, 0.5) is 11.4 Å². The number of allylic oxidation sites excluding steroid dienone is 1. The van der Waals surface area contributed by atoms with E-state index in [1.165, 1.54) is 0 Å². The van der Waals surface area contributed by atoms with Gasteiger partial charge in [-0.1, -0.05) is 61.5 Å². The molecule has 0 spiro atoms. The molecule has 0 bridgehead atoms. The van der Waals surface area contributed by atoms with Crippen LogP contribution in [-0.2, 0) is 4.79 Å². The van der Waals surface area contributed by atoms with Gasteiger partial charge in [-0.25, -0.2) is 0 Å². The average Bonchev–Trinajstić information content (AvgIpc) is 3.05. The molecular weight excluding hydrogens is 424 g/mol. The molecule has 1 heterocycles. The first-order valence-electron chi connectivity index (χ1n) is 11.9. The summed E-state index contributed by atoms with van der Waals surface area (Å²) in [6.07, 6.45) is 3.63. The SMILES string of the molecule is CCCOc1ccc([C@H]2Nc3ccccc3NC3=C[C@@H](c4ccccc4)CC(=O)[C@@H]32)cc1OC. The van der Waals surface area contributed by atoms with E-state index < -0.39 is 0 Å². The third kappa shape index (κ3) is 4.26. The molecule has 0 amide bonds. The van der Waals surface area contributed by atoms with E-state index >= 15 is 0 Å². The van der Waals surface area contributed by atoms with Crippen molar-refractivity contribution in [1.82, 2.24) is 0 Å². The molecule has 1 aliphatic carbocycles. The number of hydrogen-bond donors (Lipinski definition) is 2. The summed E-state index contributed by atoms with van der Waals surface area (Å²) in [5, 5.41) is 7.23. The van der Waals surface area contributed by atoms with Gasteiger partial charge in [0.15, 0.2) is 11.5 Å². The van der Waals surface area contributed by atoms with Crippen molar-refractivity contribution in [2.45, 2.75) is 31.7 Å². The summed E-state index contributed by atoms with van der Waals surface area (Å²) < 4.78 is 11.5. The van der Waals surface area contributed by atoms with Crippen molar-refractivity contribution in [3.8, 4) is 11.5 Å². The van der Waals surface area contributed by atoms with Gasteiger partial charge in [0.2, 0.25) is 0 Å². The second-order valence-electron chi connectivity index (χ2n) is 8.84. The lowest BCUT2D eigenvalue weighted by molar-refractivity contribution is -0.122. The third-order valence-corrected chi connectivity index (χ3v) is 6.57. The van der Waals surface area contributed by atoms with Crippen LogP contribution in [0.5, 0.6) is 11.5 Å². The van der Waals surface area contributed by atoms with Gasteiger partial charge in [-0.3, -0.25) is 4.79 Å². The van der Waals surface area contributed by atoms with E-state index in [4.69, 9.17) is 9.47 Å². The van der Waals surface area contributed by atoms with Crippen molar-refractivity contribution < 1.29 is 14.3 Å². The lowest BCUT2D eigenvalue weighted by atomic mass is 9.76. The van der Waals surface area contributed by atoms with Crippen molar-refractivity contribution in [1.29, 1.82) is 0 Å². The number of rotatable bonds is 6. The summed E-state index contributed by atoms with van der Waals surface area (Å²) in [6.45, 7) is 2.70. The summed E-state index contributed by atoms with van der Waals surface area (Å²) in [5.41, 5.74) is 5.03. The highest BCUT2D eigenvalue weighted by Gasteiger charge is 2.40. The summed E-state index contributed by atoms with van der Waals surface area (Å²) in [6, 6.07) is 24.1. The van der Waals surface area contributed by atoms with Crippen molar-refractivity contribution >= 4 is 17.2 Å². The minimum Gasteiger partial charge on any atom is -0.493 e. The van der Waals surface area contributed by atoms with Gasteiger partial charge in [0.25, 0.3) is 0 Å². The van der Waals surface area contributed by atoms with Crippen LogP contribution in [0.2, 0.25) is 0 Å². The molecule has 2 aliphatic rings. The third-order valence-electron chi connectivity index (χ3n) is 6.57. The molecule has 5 nitrogen and oxygen atoms in total. The maximum Gasteiger partial charge on any atom is 0.161 e. The molecule has 34 heavy (non-hydrogen) atoms. The molecule has 0 saturated heterocycles. The second kappa shape index (κ2) is 9.64. The number of fused-ring (bicyclic) bond motifs is 2. The number of nitrogens with one attached hydrogen (secondary N) is 2. The number of carbonyl (C=O) groups is 1. The molecule has 3 atom stereocenters. The molecule has 1 aliphatic heterocycles. The molecule has 0 fully saturated rings. The molecule has 0 radical (unpaired) electrons. The van der Waals surface area contributed by atoms with E-state index in [2.05, 4.69) is 35.8 Å². The monoisotopic (exact) mass is 454 g/mol. The summed E-state index contributed by atoms with van der Waals surface area (Å²) in [7, 11) is 1.65. The van der Waals surface area contributed by atoms with Gasteiger partial charge < -0.3 is 20.1 Å². The summed E-state index contributed by atoms with van der Waals surface area (Å²) in [5.74, 6) is 1.33. The Morgan fingerprint density at radius 3 is 2.44 bits per heavy atom. The van der Waals surface area contributed by atoms with E-state index in [0.29, 0.717) is 18.8 Å². The number of Topliss-reactive ketones (excluding diaryl/α,β-unsaturated/α-hetero) is 1. The molecule has 0 aromatic heterocycles. The Bertz CT molecular complexity index is 1210. The highest BCUT2D eigenvalue weighted by atomic mass is 16.5. The van der Waals surface area contributed by atoms with Crippen LogP contribution in [0.15, 0.2) is 84.6 Å². The maximum absolute atomic E-state index is 13.7. The summed E-state index contributed by atoms with van der Waals surface area (Å²) in [4.78, 5) is 13.7. The molecule has 5 rings (SSSR count). The van der Waals surface area contributed by atoms with Gasteiger partial charge in [-0.05, 0) is 41.8 Å². The van der Waals surface area contributed by atoms with E-state index in [1.54, 1.807) is 7.11 Å². The minimum atomic E-state index is -0.334. The van der Waals surface area contributed by atoms with Crippen molar-refractivity contribution in [3.63, 3.8) is 0 Å². The largest absolute Gasteiger partial charge is 0.493 e. The smallest absolute Gasteiger partial charge is 0.161 e. The Balaban J connectivity index is 1.58. The molecule has 174 valence electrons. The molecule has 5 heteroatoms. The summed E-state index contributed by atoms with van der Waals surface area (Å²) >= 11 is 0. The van der Waals surface area contributed by atoms with Gasteiger partial charge in [0, 0.05) is 18.0 Å². The first kappa shape index (κ1) is 22.1. The highest BCUT2D eigenvalue weighted by molar-refractivity contribution is 5.90. The van der Waals surface area contributed by atoms with E-state index in [0.717, 1.165) is 40.4 Å². The number of ketones is 1. The van der Waals surface area contributed by atoms with Crippen LogP contribution < -0.4 is 20.1 Å². The zero-order valence-electron chi connectivity index (χ0n) is 19.6. The number of methoxy groups -OCH3 is 1. The van der Waals surface area contributed by atoms with Gasteiger partial charge in [0.1, 0.15) is 5.78 Å². The Kier molecular flexibility index (Phi) is 6.26. The molecular formula is C29H30N2O3.